The smallest absolute Gasteiger partial charge is 0.124 e. The third kappa shape index (κ3) is 2.94. The first-order valence-corrected chi connectivity index (χ1v) is 4.82. The molecule has 0 aliphatic carbocycles. The molecule has 0 fully saturated rings. The van der Waals surface area contributed by atoms with E-state index in [0.29, 0.717) is 11.6 Å². The molecular weight excluding hydrogens is 205 g/mol. The molecule has 0 aliphatic rings. The van der Waals surface area contributed by atoms with Gasteiger partial charge in [0, 0.05) is 17.6 Å². The molecule has 2 N–H and O–H groups in total. The lowest BCUT2D eigenvalue weighted by molar-refractivity contribution is 0.286. The summed E-state index contributed by atoms with van der Waals surface area (Å²) in [6, 6.07) is 4.31. The fourth-order valence-corrected chi connectivity index (χ4v) is 1.57. The first-order chi connectivity index (χ1) is 6.65. The van der Waals surface area contributed by atoms with Gasteiger partial charge in [0.25, 0.3) is 0 Å². The van der Waals surface area contributed by atoms with E-state index in [1.54, 1.807) is 6.07 Å². The Morgan fingerprint density at radius 1 is 1.57 bits per heavy atom. The summed E-state index contributed by atoms with van der Waals surface area (Å²) in [5.74, 6) is -0.340. The van der Waals surface area contributed by atoms with Gasteiger partial charge < -0.3 is 10.4 Å². The van der Waals surface area contributed by atoms with Crippen LogP contribution in [0.15, 0.2) is 18.2 Å². The molecule has 0 spiro atoms. The standard InChI is InChI=1S/C10H13ClFNO/c1-7(13-4-5-14)9-3-2-8(12)6-10(9)11/h2-3,6-7,13-14H,4-5H2,1H3/t7-/m1/s1. The first kappa shape index (κ1) is 11.4. The zero-order valence-electron chi connectivity index (χ0n) is 7.93. The second-order valence-electron chi connectivity index (χ2n) is 3.07. The average molecular weight is 218 g/mol. The molecule has 1 aromatic rings. The predicted molar refractivity (Wildman–Crippen MR) is 54.9 cm³/mol. The highest BCUT2D eigenvalue weighted by Gasteiger charge is 2.08. The Hall–Kier alpha value is -0.640. The van der Waals surface area contributed by atoms with Gasteiger partial charge in [0.05, 0.1) is 6.61 Å². The van der Waals surface area contributed by atoms with Crippen molar-refractivity contribution in [3.8, 4) is 0 Å². The monoisotopic (exact) mass is 217 g/mol. The minimum atomic E-state index is -0.340. The number of aliphatic hydroxyl groups excluding tert-OH is 1. The summed E-state index contributed by atoms with van der Waals surface area (Å²) >= 11 is 5.86. The van der Waals surface area contributed by atoms with Crippen LogP contribution in [0.3, 0.4) is 0 Å². The van der Waals surface area contributed by atoms with E-state index in [-0.39, 0.29) is 18.5 Å². The molecule has 4 heteroatoms. The molecule has 1 atom stereocenters. The Morgan fingerprint density at radius 3 is 2.86 bits per heavy atom. The van der Waals surface area contributed by atoms with Crippen LogP contribution < -0.4 is 5.32 Å². The van der Waals surface area contributed by atoms with Gasteiger partial charge in [0.15, 0.2) is 0 Å². The molecule has 0 bridgehead atoms. The first-order valence-electron chi connectivity index (χ1n) is 4.44. The van der Waals surface area contributed by atoms with Crippen LogP contribution in [0.2, 0.25) is 5.02 Å². The van der Waals surface area contributed by atoms with E-state index >= 15 is 0 Å². The van der Waals surface area contributed by atoms with Crippen LogP contribution >= 0.6 is 11.6 Å². The van der Waals surface area contributed by atoms with E-state index < -0.39 is 0 Å². The summed E-state index contributed by atoms with van der Waals surface area (Å²) in [6.45, 7) is 2.48. The molecule has 0 saturated carbocycles. The summed E-state index contributed by atoms with van der Waals surface area (Å²) in [7, 11) is 0. The maximum atomic E-state index is 12.7. The molecule has 2 nitrogen and oxygen atoms in total. The Kier molecular flexibility index (Phi) is 4.32. The molecule has 0 unspecified atom stereocenters. The molecule has 0 amide bonds. The van der Waals surface area contributed by atoms with Gasteiger partial charge >= 0.3 is 0 Å². The zero-order chi connectivity index (χ0) is 10.6. The third-order valence-electron chi connectivity index (χ3n) is 1.99. The summed E-state index contributed by atoms with van der Waals surface area (Å²) in [6.07, 6.45) is 0. The van der Waals surface area contributed by atoms with E-state index in [9.17, 15) is 4.39 Å². The molecule has 0 aromatic heterocycles. The van der Waals surface area contributed by atoms with Crippen LogP contribution in [0, 0.1) is 5.82 Å². The van der Waals surface area contributed by atoms with Gasteiger partial charge in [-0.3, -0.25) is 0 Å². The van der Waals surface area contributed by atoms with Gasteiger partial charge in [-0.15, -0.1) is 0 Å². The molecule has 78 valence electrons. The highest BCUT2D eigenvalue weighted by molar-refractivity contribution is 6.31. The summed E-state index contributed by atoms with van der Waals surface area (Å²) in [5.41, 5.74) is 0.835. The van der Waals surface area contributed by atoms with Crippen molar-refractivity contribution in [2.24, 2.45) is 0 Å². The molecule has 1 aromatic carbocycles. The van der Waals surface area contributed by atoms with E-state index in [1.165, 1.54) is 12.1 Å². The van der Waals surface area contributed by atoms with Crippen molar-refractivity contribution < 1.29 is 9.50 Å². The van der Waals surface area contributed by atoms with Gasteiger partial charge in [-0.25, -0.2) is 4.39 Å². The topological polar surface area (TPSA) is 32.3 Å². The highest BCUT2D eigenvalue weighted by atomic mass is 35.5. The van der Waals surface area contributed by atoms with Gasteiger partial charge in [-0.2, -0.15) is 0 Å². The maximum Gasteiger partial charge on any atom is 0.124 e. The SMILES string of the molecule is C[C@@H](NCCO)c1ccc(F)cc1Cl. The van der Waals surface area contributed by atoms with Crippen molar-refractivity contribution in [3.63, 3.8) is 0 Å². The lowest BCUT2D eigenvalue weighted by Crippen LogP contribution is -2.22. The Bertz CT molecular complexity index is 306. The van der Waals surface area contributed by atoms with Crippen LogP contribution in [-0.2, 0) is 0 Å². The predicted octanol–water partition coefficient (Wildman–Crippen LogP) is 2.12. The highest BCUT2D eigenvalue weighted by Crippen LogP contribution is 2.23. The van der Waals surface area contributed by atoms with Crippen molar-refractivity contribution in [1.29, 1.82) is 0 Å². The number of halogens is 2. The van der Waals surface area contributed by atoms with Crippen molar-refractivity contribution in [1.82, 2.24) is 5.32 Å². The zero-order valence-corrected chi connectivity index (χ0v) is 8.68. The second kappa shape index (κ2) is 5.29. The van der Waals surface area contributed by atoms with Crippen molar-refractivity contribution in [2.75, 3.05) is 13.2 Å². The third-order valence-corrected chi connectivity index (χ3v) is 2.32. The quantitative estimate of drug-likeness (QED) is 0.810. The fourth-order valence-electron chi connectivity index (χ4n) is 1.24. The summed E-state index contributed by atoms with van der Waals surface area (Å²) < 4.78 is 12.7. The molecule has 0 aliphatic heterocycles. The van der Waals surface area contributed by atoms with Crippen LogP contribution in [0.25, 0.3) is 0 Å². The lowest BCUT2D eigenvalue weighted by Gasteiger charge is -2.14. The molecule has 0 saturated heterocycles. The second-order valence-corrected chi connectivity index (χ2v) is 3.47. The molecule has 1 rings (SSSR count). The van der Waals surface area contributed by atoms with Gasteiger partial charge in [-0.1, -0.05) is 17.7 Å². The Balaban J connectivity index is 2.74. The molecule has 0 heterocycles. The van der Waals surface area contributed by atoms with Crippen molar-refractivity contribution >= 4 is 11.6 Å². The van der Waals surface area contributed by atoms with E-state index in [1.807, 2.05) is 6.92 Å². The number of benzene rings is 1. The normalized spacial score (nSPS) is 12.9. The number of hydrogen-bond donors (Lipinski definition) is 2. The minimum absolute atomic E-state index is 0.00949. The average Bonchev–Trinajstić information content (AvgIpc) is 2.14. The number of rotatable bonds is 4. The summed E-state index contributed by atoms with van der Waals surface area (Å²) in [5, 5.41) is 12.1. The van der Waals surface area contributed by atoms with Gasteiger partial charge in [0.1, 0.15) is 5.82 Å². The van der Waals surface area contributed by atoms with Crippen molar-refractivity contribution in [2.45, 2.75) is 13.0 Å². The Morgan fingerprint density at radius 2 is 2.29 bits per heavy atom. The number of hydrogen-bond acceptors (Lipinski definition) is 2. The van der Waals surface area contributed by atoms with Crippen LogP contribution in [0.5, 0.6) is 0 Å². The summed E-state index contributed by atoms with van der Waals surface area (Å²) in [4.78, 5) is 0. The van der Waals surface area contributed by atoms with Crippen LogP contribution in [0.4, 0.5) is 4.39 Å². The molecular formula is C10H13ClFNO. The van der Waals surface area contributed by atoms with Gasteiger partial charge in [-0.05, 0) is 24.6 Å². The van der Waals surface area contributed by atoms with E-state index in [4.69, 9.17) is 16.7 Å². The largest absolute Gasteiger partial charge is 0.395 e. The fraction of sp³-hybridized carbons (Fsp3) is 0.400. The molecule has 0 radical (unpaired) electrons. The van der Waals surface area contributed by atoms with E-state index in [2.05, 4.69) is 5.32 Å². The van der Waals surface area contributed by atoms with E-state index in [0.717, 1.165) is 5.56 Å². The Labute approximate surface area is 87.7 Å². The minimum Gasteiger partial charge on any atom is -0.395 e. The van der Waals surface area contributed by atoms with Crippen LogP contribution in [0.1, 0.15) is 18.5 Å². The molecule has 14 heavy (non-hydrogen) atoms. The number of nitrogens with one attached hydrogen (secondary N) is 1. The number of aliphatic hydroxyl groups is 1. The van der Waals surface area contributed by atoms with Crippen molar-refractivity contribution in [3.05, 3.63) is 34.6 Å². The maximum absolute atomic E-state index is 12.7. The van der Waals surface area contributed by atoms with Gasteiger partial charge in [0.2, 0.25) is 0 Å². The lowest BCUT2D eigenvalue weighted by atomic mass is 10.1. The van der Waals surface area contributed by atoms with Crippen LogP contribution in [-0.4, -0.2) is 18.3 Å².